The third-order valence-corrected chi connectivity index (χ3v) is 4.98. The lowest BCUT2D eigenvalue weighted by Gasteiger charge is -2.27. The molecule has 0 aliphatic carbocycles. The van der Waals surface area contributed by atoms with Gasteiger partial charge in [0.05, 0.1) is 11.4 Å². The minimum absolute atomic E-state index is 0.676. The molecule has 0 spiro atoms. The average molecular weight is 262 g/mol. The molecule has 0 unspecified atom stereocenters. The van der Waals surface area contributed by atoms with E-state index < -0.39 is 0 Å². The highest BCUT2D eigenvalue weighted by atomic mass is 32.2. The third kappa shape index (κ3) is 2.77. The van der Waals surface area contributed by atoms with Crippen LogP contribution in [0.15, 0.2) is 24.3 Å². The molecule has 2 aliphatic rings. The zero-order chi connectivity index (χ0) is 12.2. The van der Waals surface area contributed by atoms with Crippen LogP contribution in [0.4, 0.5) is 11.4 Å². The number of anilines is 2. The molecular formula is C15H22N2S. The van der Waals surface area contributed by atoms with E-state index in [0.29, 0.717) is 6.04 Å². The van der Waals surface area contributed by atoms with Gasteiger partial charge in [-0.1, -0.05) is 12.1 Å². The predicted molar refractivity (Wildman–Crippen MR) is 81.9 cm³/mol. The fraction of sp³-hybridized carbons (Fsp3) is 0.600. The average Bonchev–Trinajstić information content (AvgIpc) is 2.94. The van der Waals surface area contributed by atoms with Gasteiger partial charge in [-0.05, 0) is 49.3 Å². The summed E-state index contributed by atoms with van der Waals surface area (Å²) in [6.45, 7) is 2.44. The van der Waals surface area contributed by atoms with Crippen LogP contribution in [0.3, 0.4) is 0 Å². The van der Waals surface area contributed by atoms with Crippen molar-refractivity contribution < 1.29 is 0 Å². The minimum Gasteiger partial charge on any atom is -0.381 e. The van der Waals surface area contributed by atoms with Gasteiger partial charge in [0.1, 0.15) is 0 Å². The molecule has 98 valence electrons. The largest absolute Gasteiger partial charge is 0.381 e. The standard InChI is InChI=1S/C15H22N2S/c1-2-6-15(17-9-3-4-10-17)14(5-1)16-13-7-11-18-12-8-13/h1-2,5-6,13,16H,3-4,7-12H2. The third-order valence-electron chi connectivity index (χ3n) is 3.93. The molecule has 2 fully saturated rings. The summed E-state index contributed by atoms with van der Waals surface area (Å²) in [4.78, 5) is 2.53. The van der Waals surface area contributed by atoms with Crippen molar-refractivity contribution in [1.82, 2.24) is 0 Å². The number of para-hydroxylation sites is 2. The first kappa shape index (κ1) is 12.2. The number of rotatable bonds is 3. The van der Waals surface area contributed by atoms with Crippen LogP contribution in [0.25, 0.3) is 0 Å². The summed E-state index contributed by atoms with van der Waals surface area (Å²) in [6.07, 6.45) is 5.29. The molecular weight excluding hydrogens is 240 g/mol. The summed E-state index contributed by atoms with van der Waals surface area (Å²) in [6, 6.07) is 9.50. The van der Waals surface area contributed by atoms with Crippen molar-refractivity contribution in [2.45, 2.75) is 31.7 Å². The number of benzene rings is 1. The van der Waals surface area contributed by atoms with Gasteiger partial charge in [0.2, 0.25) is 0 Å². The van der Waals surface area contributed by atoms with E-state index in [0.717, 1.165) is 0 Å². The number of thioether (sulfide) groups is 1. The number of nitrogens with zero attached hydrogens (tertiary/aromatic N) is 1. The van der Waals surface area contributed by atoms with Crippen molar-refractivity contribution >= 4 is 23.1 Å². The highest BCUT2D eigenvalue weighted by Crippen LogP contribution is 2.30. The van der Waals surface area contributed by atoms with E-state index in [2.05, 4.69) is 46.2 Å². The van der Waals surface area contributed by atoms with Gasteiger partial charge < -0.3 is 10.2 Å². The van der Waals surface area contributed by atoms with Crippen molar-refractivity contribution in [2.75, 3.05) is 34.8 Å². The van der Waals surface area contributed by atoms with Gasteiger partial charge in [-0.15, -0.1) is 0 Å². The van der Waals surface area contributed by atoms with E-state index in [9.17, 15) is 0 Å². The Morgan fingerprint density at radius 2 is 1.78 bits per heavy atom. The summed E-state index contributed by atoms with van der Waals surface area (Å²) in [5.74, 6) is 2.62. The fourth-order valence-electron chi connectivity index (χ4n) is 2.89. The van der Waals surface area contributed by atoms with E-state index in [-0.39, 0.29) is 0 Å². The fourth-order valence-corrected chi connectivity index (χ4v) is 4.00. The van der Waals surface area contributed by atoms with E-state index in [1.165, 1.54) is 61.7 Å². The van der Waals surface area contributed by atoms with Crippen molar-refractivity contribution in [1.29, 1.82) is 0 Å². The maximum absolute atomic E-state index is 3.77. The maximum Gasteiger partial charge on any atom is 0.0602 e. The highest BCUT2D eigenvalue weighted by Gasteiger charge is 2.18. The highest BCUT2D eigenvalue weighted by molar-refractivity contribution is 7.99. The van der Waals surface area contributed by atoms with Gasteiger partial charge in [-0.3, -0.25) is 0 Å². The summed E-state index contributed by atoms with van der Waals surface area (Å²) < 4.78 is 0. The van der Waals surface area contributed by atoms with Crippen molar-refractivity contribution in [3.8, 4) is 0 Å². The van der Waals surface area contributed by atoms with Gasteiger partial charge in [0.25, 0.3) is 0 Å². The lowest BCUT2D eigenvalue weighted by molar-refractivity contribution is 0.666. The van der Waals surface area contributed by atoms with Crippen molar-refractivity contribution in [3.05, 3.63) is 24.3 Å². The molecule has 0 aromatic heterocycles. The monoisotopic (exact) mass is 262 g/mol. The zero-order valence-corrected chi connectivity index (χ0v) is 11.7. The van der Waals surface area contributed by atoms with Crippen LogP contribution in [0.2, 0.25) is 0 Å². The summed E-state index contributed by atoms with van der Waals surface area (Å²) in [7, 11) is 0. The smallest absolute Gasteiger partial charge is 0.0602 e. The predicted octanol–water partition coefficient (Wildman–Crippen LogP) is 3.59. The summed E-state index contributed by atoms with van der Waals surface area (Å²) in [5, 5.41) is 3.77. The lowest BCUT2D eigenvalue weighted by Crippen LogP contribution is -2.26. The first-order valence-electron chi connectivity index (χ1n) is 7.12. The van der Waals surface area contributed by atoms with Crippen LogP contribution < -0.4 is 10.2 Å². The van der Waals surface area contributed by atoms with Gasteiger partial charge in [0, 0.05) is 19.1 Å². The first-order chi connectivity index (χ1) is 8.93. The molecule has 1 N–H and O–H groups in total. The van der Waals surface area contributed by atoms with Crippen LogP contribution >= 0.6 is 11.8 Å². The molecule has 0 amide bonds. The summed E-state index contributed by atoms with van der Waals surface area (Å²) >= 11 is 2.09. The second-order valence-electron chi connectivity index (χ2n) is 5.24. The molecule has 3 heteroatoms. The second-order valence-corrected chi connectivity index (χ2v) is 6.47. The van der Waals surface area contributed by atoms with E-state index in [4.69, 9.17) is 0 Å². The molecule has 2 saturated heterocycles. The Morgan fingerprint density at radius 1 is 1.06 bits per heavy atom. The molecule has 0 radical (unpaired) electrons. The Labute approximate surface area is 114 Å². The van der Waals surface area contributed by atoms with Gasteiger partial charge >= 0.3 is 0 Å². The van der Waals surface area contributed by atoms with Crippen LogP contribution in [-0.4, -0.2) is 30.6 Å². The molecule has 0 atom stereocenters. The zero-order valence-electron chi connectivity index (χ0n) is 10.9. The van der Waals surface area contributed by atoms with E-state index in [1.54, 1.807) is 0 Å². The quantitative estimate of drug-likeness (QED) is 0.896. The summed E-state index contributed by atoms with van der Waals surface area (Å²) in [5.41, 5.74) is 2.75. The van der Waals surface area contributed by atoms with Crippen LogP contribution in [0.1, 0.15) is 25.7 Å². The maximum atomic E-state index is 3.77. The van der Waals surface area contributed by atoms with E-state index >= 15 is 0 Å². The number of hydrogen-bond acceptors (Lipinski definition) is 3. The number of nitrogens with one attached hydrogen (secondary N) is 1. The molecule has 18 heavy (non-hydrogen) atoms. The van der Waals surface area contributed by atoms with Gasteiger partial charge in [0.15, 0.2) is 0 Å². The Hall–Kier alpha value is -0.830. The minimum atomic E-state index is 0.676. The molecule has 2 heterocycles. The molecule has 1 aromatic rings. The molecule has 2 aliphatic heterocycles. The van der Waals surface area contributed by atoms with Crippen molar-refractivity contribution in [3.63, 3.8) is 0 Å². The Morgan fingerprint density at radius 3 is 2.56 bits per heavy atom. The normalized spacial score (nSPS) is 21.2. The Balaban J connectivity index is 1.73. The lowest BCUT2D eigenvalue weighted by atomic mass is 10.1. The Bertz CT molecular complexity index is 382. The SMILES string of the molecule is c1ccc(N2CCCC2)c(NC2CCSCC2)c1. The van der Waals surface area contributed by atoms with E-state index in [1.807, 2.05) is 0 Å². The molecule has 3 rings (SSSR count). The van der Waals surface area contributed by atoms with Gasteiger partial charge in [-0.2, -0.15) is 11.8 Å². The molecule has 2 nitrogen and oxygen atoms in total. The molecule has 1 aromatic carbocycles. The molecule has 0 saturated carbocycles. The van der Waals surface area contributed by atoms with Crippen LogP contribution in [0.5, 0.6) is 0 Å². The number of hydrogen-bond donors (Lipinski definition) is 1. The first-order valence-corrected chi connectivity index (χ1v) is 8.27. The van der Waals surface area contributed by atoms with Crippen LogP contribution in [0, 0.1) is 0 Å². The molecule has 0 bridgehead atoms. The van der Waals surface area contributed by atoms with Crippen molar-refractivity contribution in [2.24, 2.45) is 0 Å². The second kappa shape index (κ2) is 5.87. The van der Waals surface area contributed by atoms with Crippen LogP contribution in [-0.2, 0) is 0 Å². The Kier molecular flexibility index (Phi) is 3.99. The topological polar surface area (TPSA) is 15.3 Å². The van der Waals surface area contributed by atoms with Gasteiger partial charge in [-0.25, -0.2) is 0 Å².